The third kappa shape index (κ3) is 8.10. The Balaban J connectivity index is 1.86. The van der Waals surface area contributed by atoms with Crippen molar-refractivity contribution in [2.24, 2.45) is 0 Å². The van der Waals surface area contributed by atoms with Gasteiger partial charge in [0.25, 0.3) is 5.91 Å². The Labute approximate surface area is 176 Å². The zero-order chi connectivity index (χ0) is 21.6. The number of carbonyl (C=O) groups excluding carboxylic acids is 2. The fourth-order valence-electron chi connectivity index (χ4n) is 2.58. The summed E-state index contributed by atoms with van der Waals surface area (Å²) in [5, 5.41) is 8.61. The van der Waals surface area contributed by atoms with E-state index >= 15 is 0 Å². The number of nitrogens with one attached hydrogen (secondary N) is 3. The first-order valence-electron chi connectivity index (χ1n) is 9.84. The minimum absolute atomic E-state index is 0.0517. The third-order valence-electron chi connectivity index (χ3n) is 4.02. The molecule has 3 N–H and O–H groups in total. The molecular weight excluding hydrogens is 386 g/mol. The Morgan fingerprint density at radius 3 is 2.63 bits per heavy atom. The normalized spacial score (nSPS) is 10.3. The van der Waals surface area contributed by atoms with Crippen LogP contribution in [-0.4, -0.2) is 58.4 Å². The largest absolute Gasteiger partial charge is 0.489 e. The highest BCUT2D eigenvalue weighted by Gasteiger charge is 2.09. The lowest BCUT2D eigenvalue weighted by molar-refractivity contribution is -0.114. The van der Waals surface area contributed by atoms with Crippen LogP contribution in [0, 0.1) is 0 Å². The van der Waals surface area contributed by atoms with Gasteiger partial charge in [0, 0.05) is 31.5 Å². The minimum Gasteiger partial charge on any atom is -0.489 e. The van der Waals surface area contributed by atoms with Crippen LogP contribution in [0.3, 0.4) is 0 Å². The van der Waals surface area contributed by atoms with E-state index in [2.05, 4.69) is 16.0 Å². The Hall–Kier alpha value is -3.10. The predicted octanol–water partition coefficient (Wildman–Crippen LogP) is 2.53. The summed E-state index contributed by atoms with van der Waals surface area (Å²) in [7, 11) is 1.57. The van der Waals surface area contributed by atoms with Crippen LogP contribution in [0.2, 0.25) is 0 Å². The Morgan fingerprint density at radius 1 is 1.00 bits per heavy atom. The van der Waals surface area contributed by atoms with Gasteiger partial charge in [0.2, 0.25) is 5.91 Å². The first-order valence-corrected chi connectivity index (χ1v) is 9.84. The first-order chi connectivity index (χ1) is 14.6. The monoisotopic (exact) mass is 415 g/mol. The molecule has 30 heavy (non-hydrogen) atoms. The molecule has 0 fully saturated rings. The van der Waals surface area contributed by atoms with Crippen LogP contribution in [0.1, 0.15) is 17.3 Å². The summed E-state index contributed by atoms with van der Waals surface area (Å²) in [5.74, 6) is 0.190. The van der Waals surface area contributed by atoms with E-state index in [1.807, 2.05) is 31.2 Å². The lowest BCUT2D eigenvalue weighted by Gasteiger charge is -2.13. The van der Waals surface area contributed by atoms with E-state index in [-0.39, 0.29) is 18.4 Å². The average Bonchev–Trinajstić information content (AvgIpc) is 2.76. The zero-order valence-electron chi connectivity index (χ0n) is 17.4. The highest BCUT2D eigenvalue weighted by atomic mass is 16.5. The zero-order valence-corrected chi connectivity index (χ0v) is 17.4. The molecule has 8 nitrogen and oxygen atoms in total. The number of para-hydroxylation sites is 2. The molecule has 0 aliphatic rings. The second-order valence-corrected chi connectivity index (χ2v) is 6.27. The first kappa shape index (κ1) is 23.2. The lowest BCUT2D eigenvalue weighted by atomic mass is 10.2. The molecule has 0 aliphatic heterocycles. The van der Waals surface area contributed by atoms with E-state index in [4.69, 9.17) is 14.2 Å². The minimum atomic E-state index is -0.240. The Morgan fingerprint density at radius 2 is 1.83 bits per heavy atom. The maximum atomic E-state index is 12.3. The van der Waals surface area contributed by atoms with Crippen molar-refractivity contribution in [2.45, 2.75) is 6.92 Å². The molecule has 0 bridgehead atoms. The van der Waals surface area contributed by atoms with Crippen LogP contribution < -0.4 is 20.7 Å². The van der Waals surface area contributed by atoms with Gasteiger partial charge in [0.15, 0.2) is 0 Å². The molecule has 2 rings (SSSR count). The van der Waals surface area contributed by atoms with Crippen molar-refractivity contribution < 1.29 is 23.8 Å². The van der Waals surface area contributed by atoms with Gasteiger partial charge in [0.05, 0.1) is 25.4 Å². The van der Waals surface area contributed by atoms with E-state index in [9.17, 15) is 9.59 Å². The molecule has 0 heterocycles. The number of anilines is 2. The van der Waals surface area contributed by atoms with Crippen molar-refractivity contribution in [3.63, 3.8) is 0 Å². The van der Waals surface area contributed by atoms with Gasteiger partial charge in [-0.25, -0.2) is 0 Å². The summed E-state index contributed by atoms with van der Waals surface area (Å²) in [6.07, 6.45) is 0. The quantitative estimate of drug-likeness (QED) is 0.435. The molecule has 0 aliphatic carbocycles. The molecule has 0 radical (unpaired) electrons. The number of ether oxygens (including phenoxy) is 3. The van der Waals surface area contributed by atoms with Crippen LogP contribution in [0.5, 0.6) is 5.75 Å². The summed E-state index contributed by atoms with van der Waals surface area (Å²) in [5.41, 5.74) is 1.72. The SMILES string of the molecule is CCOCCOc1ccccc1NCC(=O)Nc1cccc(C(=O)NCCOC)c1. The Kier molecular flexibility index (Phi) is 10.2. The van der Waals surface area contributed by atoms with Crippen molar-refractivity contribution in [1.29, 1.82) is 0 Å². The molecular formula is C22H29N3O5. The molecule has 2 aromatic carbocycles. The molecule has 0 atom stereocenters. The molecule has 8 heteroatoms. The van der Waals surface area contributed by atoms with Gasteiger partial charge >= 0.3 is 0 Å². The van der Waals surface area contributed by atoms with Gasteiger partial charge in [-0.3, -0.25) is 9.59 Å². The van der Waals surface area contributed by atoms with Gasteiger partial charge in [-0.2, -0.15) is 0 Å². The molecule has 2 aromatic rings. The summed E-state index contributed by atoms with van der Waals surface area (Å²) in [6, 6.07) is 14.2. The molecule has 0 aromatic heterocycles. The van der Waals surface area contributed by atoms with Crippen LogP contribution in [0.25, 0.3) is 0 Å². The predicted molar refractivity (Wildman–Crippen MR) is 116 cm³/mol. The van der Waals surface area contributed by atoms with Gasteiger partial charge in [-0.15, -0.1) is 0 Å². The standard InChI is InChI=1S/C22H29N3O5/c1-3-29-13-14-30-20-10-5-4-9-19(20)24-16-21(26)25-18-8-6-7-17(15-18)22(27)23-11-12-28-2/h4-10,15,24H,3,11-14,16H2,1-2H3,(H,23,27)(H,25,26). The van der Waals surface area contributed by atoms with Gasteiger partial charge in [0.1, 0.15) is 12.4 Å². The van der Waals surface area contributed by atoms with Crippen molar-refractivity contribution in [2.75, 3.05) is 57.3 Å². The molecule has 2 amide bonds. The van der Waals surface area contributed by atoms with Crippen LogP contribution in [0.15, 0.2) is 48.5 Å². The van der Waals surface area contributed by atoms with E-state index in [0.717, 1.165) is 5.69 Å². The number of amides is 2. The fraction of sp³-hybridized carbons (Fsp3) is 0.364. The average molecular weight is 415 g/mol. The third-order valence-corrected chi connectivity index (χ3v) is 4.02. The molecule has 0 unspecified atom stereocenters. The summed E-state index contributed by atoms with van der Waals surface area (Å²) >= 11 is 0. The second kappa shape index (κ2) is 13.2. The number of hydrogen-bond acceptors (Lipinski definition) is 6. The van der Waals surface area contributed by atoms with Crippen LogP contribution >= 0.6 is 0 Å². The van der Waals surface area contributed by atoms with E-state index in [1.54, 1.807) is 31.4 Å². The Bertz CT molecular complexity index is 813. The number of methoxy groups -OCH3 is 1. The number of hydrogen-bond donors (Lipinski definition) is 3. The summed E-state index contributed by atoms with van der Waals surface area (Å²) in [6.45, 7) is 4.40. The number of benzene rings is 2. The van der Waals surface area contributed by atoms with Crippen LogP contribution in [-0.2, 0) is 14.3 Å². The van der Waals surface area contributed by atoms with E-state index in [0.29, 0.717) is 50.0 Å². The molecule has 0 saturated carbocycles. The van der Waals surface area contributed by atoms with Crippen LogP contribution in [0.4, 0.5) is 11.4 Å². The summed E-state index contributed by atoms with van der Waals surface area (Å²) in [4.78, 5) is 24.5. The number of rotatable bonds is 13. The highest BCUT2D eigenvalue weighted by molar-refractivity contribution is 5.98. The molecule has 0 spiro atoms. The van der Waals surface area contributed by atoms with Crippen molar-refractivity contribution in [3.8, 4) is 5.75 Å². The fourth-order valence-corrected chi connectivity index (χ4v) is 2.58. The topological polar surface area (TPSA) is 97.9 Å². The van der Waals surface area contributed by atoms with E-state index in [1.165, 1.54) is 0 Å². The van der Waals surface area contributed by atoms with Crippen molar-refractivity contribution >= 4 is 23.2 Å². The van der Waals surface area contributed by atoms with Crippen molar-refractivity contribution in [3.05, 3.63) is 54.1 Å². The maximum Gasteiger partial charge on any atom is 0.251 e. The van der Waals surface area contributed by atoms with Crippen molar-refractivity contribution in [1.82, 2.24) is 5.32 Å². The molecule has 0 saturated heterocycles. The molecule has 162 valence electrons. The van der Waals surface area contributed by atoms with Gasteiger partial charge in [-0.05, 0) is 37.3 Å². The second-order valence-electron chi connectivity index (χ2n) is 6.27. The highest BCUT2D eigenvalue weighted by Crippen LogP contribution is 2.23. The maximum absolute atomic E-state index is 12.3. The summed E-state index contributed by atoms with van der Waals surface area (Å²) < 4.78 is 15.9. The van der Waals surface area contributed by atoms with Gasteiger partial charge < -0.3 is 30.2 Å². The smallest absolute Gasteiger partial charge is 0.251 e. The lowest BCUT2D eigenvalue weighted by Crippen LogP contribution is -2.27. The van der Waals surface area contributed by atoms with E-state index < -0.39 is 0 Å². The number of carbonyl (C=O) groups is 2. The van der Waals surface area contributed by atoms with Gasteiger partial charge in [-0.1, -0.05) is 18.2 Å².